The standard InChI is InChI=1S/C13H18N2/c1-10(14)11-2-4-12(5-3-11)13-6-8-15-9-7-13/h2-5,13,15H,1,6-9,14H2. The molecule has 0 aliphatic carbocycles. The van der Waals surface area contributed by atoms with Crippen LogP contribution in [0.4, 0.5) is 0 Å². The van der Waals surface area contributed by atoms with Crippen molar-refractivity contribution < 1.29 is 0 Å². The lowest BCUT2D eigenvalue weighted by atomic mass is 9.90. The Bertz CT molecular complexity index is 334. The van der Waals surface area contributed by atoms with Crippen molar-refractivity contribution in [3.8, 4) is 0 Å². The first kappa shape index (κ1) is 10.2. The molecule has 2 nitrogen and oxygen atoms in total. The van der Waals surface area contributed by atoms with E-state index in [2.05, 4.69) is 36.2 Å². The summed E-state index contributed by atoms with van der Waals surface area (Å²) in [4.78, 5) is 0. The van der Waals surface area contributed by atoms with Gasteiger partial charge >= 0.3 is 0 Å². The molecule has 0 bridgehead atoms. The van der Waals surface area contributed by atoms with Crippen molar-refractivity contribution in [3.63, 3.8) is 0 Å². The third kappa shape index (κ3) is 2.39. The fourth-order valence-corrected chi connectivity index (χ4v) is 2.12. The summed E-state index contributed by atoms with van der Waals surface area (Å²) in [7, 11) is 0. The van der Waals surface area contributed by atoms with Gasteiger partial charge in [-0.25, -0.2) is 0 Å². The third-order valence-electron chi connectivity index (χ3n) is 3.09. The van der Waals surface area contributed by atoms with Crippen LogP contribution in [0, 0.1) is 0 Å². The van der Waals surface area contributed by atoms with Crippen LogP contribution in [-0.2, 0) is 0 Å². The Balaban J connectivity index is 2.11. The fourth-order valence-electron chi connectivity index (χ4n) is 2.12. The van der Waals surface area contributed by atoms with E-state index in [0.717, 1.165) is 18.7 Å². The maximum atomic E-state index is 5.64. The Hall–Kier alpha value is -1.28. The highest BCUT2D eigenvalue weighted by atomic mass is 14.9. The average Bonchev–Trinajstić information content (AvgIpc) is 2.30. The molecular formula is C13H18N2. The van der Waals surface area contributed by atoms with Gasteiger partial charge in [0.15, 0.2) is 0 Å². The molecule has 0 atom stereocenters. The van der Waals surface area contributed by atoms with E-state index in [1.54, 1.807) is 0 Å². The minimum Gasteiger partial charge on any atom is -0.399 e. The van der Waals surface area contributed by atoms with Crippen LogP contribution in [0.25, 0.3) is 5.70 Å². The van der Waals surface area contributed by atoms with Crippen LogP contribution in [0.1, 0.15) is 29.9 Å². The van der Waals surface area contributed by atoms with Crippen molar-refractivity contribution in [3.05, 3.63) is 42.0 Å². The fraction of sp³-hybridized carbons (Fsp3) is 0.385. The monoisotopic (exact) mass is 202 g/mol. The van der Waals surface area contributed by atoms with Gasteiger partial charge in [0.2, 0.25) is 0 Å². The van der Waals surface area contributed by atoms with Gasteiger partial charge in [-0.15, -0.1) is 0 Å². The van der Waals surface area contributed by atoms with Gasteiger partial charge in [-0.2, -0.15) is 0 Å². The van der Waals surface area contributed by atoms with Crippen LogP contribution >= 0.6 is 0 Å². The number of hydrogen-bond donors (Lipinski definition) is 2. The van der Waals surface area contributed by atoms with Gasteiger partial charge in [0, 0.05) is 5.70 Å². The van der Waals surface area contributed by atoms with E-state index in [0.29, 0.717) is 11.6 Å². The highest BCUT2D eigenvalue weighted by molar-refractivity contribution is 5.60. The molecule has 1 aromatic carbocycles. The highest BCUT2D eigenvalue weighted by Gasteiger charge is 2.14. The molecule has 0 saturated carbocycles. The summed E-state index contributed by atoms with van der Waals surface area (Å²) in [6.07, 6.45) is 2.48. The first-order valence-corrected chi connectivity index (χ1v) is 5.53. The second-order valence-electron chi connectivity index (χ2n) is 4.17. The Morgan fingerprint density at radius 3 is 2.33 bits per heavy atom. The zero-order chi connectivity index (χ0) is 10.7. The number of rotatable bonds is 2. The lowest BCUT2D eigenvalue weighted by Crippen LogP contribution is -2.26. The molecule has 0 unspecified atom stereocenters. The van der Waals surface area contributed by atoms with Crippen LogP contribution in [-0.4, -0.2) is 13.1 Å². The number of nitrogens with two attached hydrogens (primary N) is 1. The summed E-state index contributed by atoms with van der Waals surface area (Å²) < 4.78 is 0. The summed E-state index contributed by atoms with van der Waals surface area (Å²) in [6.45, 7) is 6.01. The molecule has 0 radical (unpaired) electrons. The van der Waals surface area contributed by atoms with Gasteiger partial charge in [0.25, 0.3) is 0 Å². The van der Waals surface area contributed by atoms with Crippen molar-refractivity contribution in [1.29, 1.82) is 0 Å². The molecule has 1 heterocycles. The summed E-state index contributed by atoms with van der Waals surface area (Å²) in [6, 6.07) is 8.51. The molecule has 2 rings (SSSR count). The van der Waals surface area contributed by atoms with Crippen LogP contribution in [0.5, 0.6) is 0 Å². The smallest absolute Gasteiger partial charge is 0.0314 e. The Morgan fingerprint density at radius 2 is 1.80 bits per heavy atom. The first-order valence-electron chi connectivity index (χ1n) is 5.53. The lowest BCUT2D eigenvalue weighted by Gasteiger charge is -2.23. The number of nitrogens with one attached hydrogen (secondary N) is 1. The number of hydrogen-bond acceptors (Lipinski definition) is 2. The number of benzene rings is 1. The van der Waals surface area contributed by atoms with Crippen LogP contribution < -0.4 is 11.1 Å². The zero-order valence-electron chi connectivity index (χ0n) is 9.00. The Kier molecular flexibility index (Phi) is 3.07. The van der Waals surface area contributed by atoms with Crippen molar-refractivity contribution in [2.24, 2.45) is 5.73 Å². The first-order chi connectivity index (χ1) is 7.27. The Morgan fingerprint density at radius 1 is 1.20 bits per heavy atom. The molecule has 15 heavy (non-hydrogen) atoms. The normalized spacial score (nSPS) is 17.6. The SMILES string of the molecule is C=C(N)c1ccc(C2CCNCC2)cc1. The average molecular weight is 202 g/mol. The van der Waals surface area contributed by atoms with E-state index < -0.39 is 0 Å². The molecular weight excluding hydrogens is 184 g/mol. The molecule has 2 heteroatoms. The quantitative estimate of drug-likeness (QED) is 0.770. The summed E-state index contributed by atoms with van der Waals surface area (Å²) >= 11 is 0. The van der Waals surface area contributed by atoms with Crippen molar-refractivity contribution in [2.75, 3.05) is 13.1 Å². The van der Waals surface area contributed by atoms with E-state index >= 15 is 0 Å². The van der Waals surface area contributed by atoms with Gasteiger partial charge in [-0.3, -0.25) is 0 Å². The molecule has 0 amide bonds. The largest absolute Gasteiger partial charge is 0.399 e. The van der Waals surface area contributed by atoms with Gasteiger partial charge in [0.05, 0.1) is 0 Å². The molecule has 1 aliphatic rings. The van der Waals surface area contributed by atoms with Crippen molar-refractivity contribution in [1.82, 2.24) is 5.32 Å². The molecule has 0 aromatic heterocycles. The Labute approximate surface area is 91.2 Å². The van der Waals surface area contributed by atoms with Gasteiger partial charge in [-0.1, -0.05) is 30.8 Å². The van der Waals surface area contributed by atoms with E-state index in [-0.39, 0.29) is 0 Å². The predicted molar refractivity (Wildman–Crippen MR) is 64.5 cm³/mol. The maximum absolute atomic E-state index is 5.64. The van der Waals surface area contributed by atoms with Crippen LogP contribution in [0.3, 0.4) is 0 Å². The van der Waals surface area contributed by atoms with Gasteiger partial charge < -0.3 is 11.1 Å². The summed E-state index contributed by atoms with van der Waals surface area (Å²) in [5, 5.41) is 3.38. The van der Waals surface area contributed by atoms with Crippen molar-refractivity contribution in [2.45, 2.75) is 18.8 Å². The molecule has 1 aromatic rings. The minimum atomic E-state index is 0.645. The highest BCUT2D eigenvalue weighted by Crippen LogP contribution is 2.25. The van der Waals surface area contributed by atoms with E-state index in [4.69, 9.17) is 5.73 Å². The van der Waals surface area contributed by atoms with Crippen LogP contribution in [0.15, 0.2) is 30.8 Å². The molecule has 1 fully saturated rings. The number of piperidine rings is 1. The summed E-state index contributed by atoms with van der Waals surface area (Å²) in [5.74, 6) is 0.714. The minimum absolute atomic E-state index is 0.645. The van der Waals surface area contributed by atoms with E-state index in [1.165, 1.54) is 18.4 Å². The third-order valence-corrected chi connectivity index (χ3v) is 3.09. The van der Waals surface area contributed by atoms with Gasteiger partial charge in [0.1, 0.15) is 0 Å². The van der Waals surface area contributed by atoms with E-state index in [9.17, 15) is 0 Å². The van der Waals surface area contributed by atoms with Gasteiger partial charge in [-0.05, 0) is 43.0 Å². The lowest BCUT2D eigenvalue weighted by molar-refractivity contribution is 0.460. The predicted octanol–water partition coefficient (Wildman–Crippen LogP) is 2.08. The molecule has 0 spiro atoms. The molecule has 3 N–H and O–H groups in total. The second-order valence-corrected chi connectivity index (χ2v) is 4.17. The molecule has 1 aliphatic heterocycles. The zero-order valence-corrected chi connectivity index (χ0v) is 9.00. The maximum Gasteiger partial charge on any atom is 0.0314 e. The molecule has 80 valence electrons. The topological polar surface area (TPSA) is 38.0 Å². The molecule has 1 saturated heterocycles. The second kappa shape index (κ2) is 4.49. The van der Waals surface area contributed by atoms with Crippen LogP contribution in [0.2, 0.25) is 0 Å². The van der Waals surface area contributed by atoms with Crippen molar-refractivity contribution >= 4 is 5.70 Å². The van der Waals surface area contributed by atoms with E-state index in [1.807, 2.05) is 0 Å². The summed E-state index contributed by atoms with van der Waals surface area (Å²) in [5.41, 5.74) is 8.75.